The van der Waals surface area contributed by atoms with E-state index in [1.165, 1.54) is 12.3 Å². The van der Waals surface area contributed by atoms with Gasteiger partial charge in [0.05, 0.1) is 11.1 Å². The summed E-state index contributed by atoms with van der Waals surface area (Å²) in [5, 5.41) is 2.84. The number of nitrogens with zero attached hydrogens (tertiary/aromatic N) is 2. The molecule has 136 valence electrons. The van der Waals surface area contributed by atoms with Crippen LogP contribution in [0.15, 0.2) is 28.4 Å². The zero-order valence-electron chi connectivity index (χ0n) is 13.9. The standard InChI is InChI=1S/C16H18N6O4/c1-2-10(23)19-8-4-3-5-22(7-8)14-12-11(9(6-18-14)13(17)24)20-15(25)16(26)21-12/h2,6,8H,1,3-5,7H2,(H2,17,24)(H,19,23)(H,20,25)(H,21,26). The van der Waals surface area contributed by atoms with Crippen LogP contribution in [0, 0.1) is 0 Å². The molecule has 0 spiro atoms. The molecule has 1 aliphatic heterocycles. The second kappa shape index (κ2) is 6.82. The minimum absolute atomic E-state index is 0.00520. The Labute approximate surface area is 147 Å². The second-order valence-corrected chi connectivity index (χ2v) is 6.02. The highest BCUT2D eigenvalue weighted by molar-refractivity contribution is 6.05. The van der Waals surface area contributed by atoms with Gasteiger partial charge >= 0.3 is 11.1 Å². The van der Waals surface area contributed by atoms with Crippen LogP contribution in [-0.4, -0.2) is 45.9 Å². The summed E-state index contributed by atoms with van der Waals surface area (Å²) in [6.45, 7) is 4.53. The van der Waals surface area contributed by atoms with Crippen molar-refractivity contribution in [2.45, 2.75) is 18.9 Å². The Balaban J connectivity index is 2.06. The van der Waals surface area contributed by atoms with Gasteiger partial charge in [0.1, 0.15) is 5.52 Å². The molecule has 2 aromatic heterocycles. The first kappa shape index (κ1) is 17.4. The lowest BCUT2D eigenvalue weighted by atomic mass is 10.1. The number of carbonyl (C=O) groups excluding carboxylic acids is 2. The maximum atomic E-state index is 11.8. The molecule has 1 atom stereocenters. The molecule has 0 aliphatic carbocycles. The van der Waals surface area contributed by atoms with Gasteiger partial charge in [0.2, 0.25) is 5.91 Å². The first-order valence-corrected chi connectivity index (χ1v) is 8.03. The molecule has 3 heterocycles. The van der Waals surface area contributed by atoms with Gasteiger partial charge in [0.25, 0.3) is 5.91 Å². The molecule has 0 bridgehead atoms. The van der Waals surface area contributed by atoms with Gasteiger partial charge in [-0.2, -0.15) is 0 Å². The van der Waals surface area contributed by atoms with Crippen molar-refractivity contribution in [3.8, 4) is 0 Å². The summed E-state index contributed by atoms with van der Waals surface area (Å²) in [6.07, 6.45) is 4.05. The molecule has 10 nitrogen and oxygen atoms in total. The Bertz CT molecular complexity index is 1010. The monoisotopic (exact) mass is 358 g/mol. The van der Waals surface area contributed by atoms with E-state index in [0.29, 0.717) is 18.9 Å². The smallest absolute Gasteiger partial charge is 0.314 e. The number of anilines is 1. The molecule has 1 fully saturated rings. The summed E-state index contributed by atoms with van der Waals surface area (Å²) < 4.78 is 0. The fourth-order valence-corrected chi connectivity index (χ4v) is 3.06. The summed E-state index contributed by atoms with van der Waals surface area (Å²) in [7, 11) is 0. The minimum atomic E-state index is -0.882. The van der Waals surface area contributed by atoms with Gasteiger partial charge in [-0.15, -0.1) is 0 Å². The van der Waals surface area contributed by atoms with Crippen LogP contribution in [0.1, 0.15) is 23.2 Å². The van der Waals surface area contributed by atoms with E-state index in [9.17, 15) is 19.2 Å². The lowest BCUT2D eigenvalue weighted by Crippen LogP contribution is -2.48. The van der Waals surface area contributed by atoms with Crippen molar-refractivity contribution in [1.29, 1.82) is 0 Å². The number of nitrogens with two attached hydrogens (primary N) is 1. The van der Waals surface area contributed by atoms with Crippen LogP contribution in [0.2, 0.25) is 0 Å². The molecule has 0 aromatic carbocycles. The maximum absolute atomic E-state index is 11.8. The summed E-state index contributed by atoms with van der Waals surface area (Å²) in [5.41, 5.74) is 3.95. The predicted molar refractivity (Wildman–Crippen MR) is 95.1 cm³/mol. The number of hydrogen-bond acceptors (Lipinski definition) is 6. The van der Waals surface area contributed by atoms with Crippen molar-refractivity contribution in [2.24, 2.45) is 5.73 Å². The van der Waals surface area contributed by atoms with Gasteiger partial charge in [0, 0.05) is 25.3 Å². The Morgan fingerprint density at radius 1 is 1.31 bits per heavy atom. The number of hydrogen-bond donors (Lipinski definition) is 4. The number of amides is 2. The highest BCUT2D eigenvalue weighted by atomic mass is 16.2. The summed E-state index contributed by atoms with van der Waals surface area (Å²) in [6, 6.07) is -0.114. The topological polar surface area (TPSA) is 154 Å². The van der Waals surface area contributed by atoms with Crippen LogP contribution in [0.3, 0.4) is 0 Å². The molecule has 0 radical (unpaired) electrons. The van der Waals surface area contributed by atoms with Crippen LogP contribution < -0.4 is 27.1 Å². The first-order valence-electron chi connectivity index (χ1n) is 8.03. The molecule has 1 unspecified atom stereocenters. The molecule has 2 aromatic rings. The average molecular weight is 358 g/mol. The molecule has 26 heavy (non-hydrogen) atoms. The molecular formula is C16H18N6O4. The van der Waals surface area contributed by atoms with Crippen molar-refractivity contribution < 1.29 is 9.59 Å². The SMILES string of the molecule is C=CC(=O)NC1CCCN(c2ncc(C(N)=O)c3[nH]c(=O)c(=O)[nH]c23)C1. The highest BCUT2D eigenvalue weighted by Gasteiger charge is 2.25. The van der Waals surface area contributed by atoms with Gasteiger partial charge in [-0.3, -0.25) is 19.2 Å². The van der Waals surface area contributed by atoms with Crippen molar-refractivity contribution in [3.63, 3.8) is 0 Å². The van der Waals surface area contributed by atoms with Gasteiger partial charge in [-0.1, -0.05) is 6.58 Å². The molecule has 3 rings (SSSR count). The first-order chi connectivity index (χ1) is 12.4. The number of pyridine rings is 1. The zero-order valence-corrected chi connectivity index (χ0v) is 13.9. The van der Waals surface area contributed by atoms with Gasteiger partial charge < -0.3 is 25.9 Å². The molecule has 5 N–H and O–H groups in total. The van der Waals surface area contributed by atoms with E-state index in [-0.39, 0.29) is 28.5 Å². The minimum Gasteiger partial charge on any atom is -0.365 e. The third-order valence-corrected chi connectivity index (χ3v) is 4.26. The molecular weight excluding hydrogens is 340 g/mol. The second-order valence-electron chi connectivity index (χ2n) is 6.02. The molecule has 10 heteroatoms. The highest BCUT2D eigenvalue weighted by Crippen LogP contribution is 2.25. The van der Waals surface area contributed by atoms with E-state index in [1.54, 1.807) is 0 Å². The Kier molecular flexibility index (Phi) is 4.57. The number of rotatable bonds is 4. The fraction of sp³-hybridized carbons (Fsp3) is 0.312. The van der Waals surface area contributed by atoms with E-state index >= 15 is 0 Å². The van der Waals surface area contributed by atoms with E-state index in [4.69, 9.17) is 5.73 Å². The largest absolute Gasteiger partial charge is 0.365 e. The van der Waals surface area contributed by atoms with Crippen LogP contribution in [0.25, 0.3) is 11.0 Å². The van der Waals surface area contributed by atoms with Crippen LogP contribution in [0.5, 0.6) is 0 Å². The Hall–Kier alpha value is -3.43. The van der Waals surface area contributed by atoms with Crippen molar-refractivity contribution in [1.82, 2.24) is 20.3 Å². The molecule has 1 saturated heterocycles. The van der Waals surface area contributed by atoms with Crippen LogP contribution >= 0.6 is 0 Å². The lowest BCUT2D eigenvalue weighted by molar-refractivity contribution is -0.117. The van der Waals surface area contributed by atoms with E-state index in [2.05, 4.69) is 26.8 Å². The number of fused-ring (bicyclic) bond motifs is 1. The Morgan fingerprint density at radius 3 is 2.65 bits per heavy atom. The van der Waals surface area contributed by atoms with Crippen molar-refractivity contribution >= 4 is 28.7 Å². The molecule has 0 saturated carbocycles. The number of aromatic amines is 2. The average Bonchev–Trinajstić information content (AvgIpc) is 2.61. The number of primary amides is 1. The normalized spacial score (nSPS) is 17.1. The molecule has 2 amide bonds. The van der Waals surface area contributed by atoms with Crippen molar-refractivity contribution in [3.05, 3.63) is 45.1 Å². The molecule has 1 aliphatic rings. The van der Waals surface area contributed by atoms with Crippen LogP contribution in [0.4, 0.5) is 5.82 Å². The van der Waals surface area contributed by atoms with Gasteiger partial charge in [-0.05, 0) is 18.9 Å². The third-order valence-electron chi connectivity index (χ3n) is 4.26. The summed E-state index contributed by atoms with van der Waals surface area (Å²) in [4.78, 5) is 57.6. The zero-order chi connectivity index (χ0) is 18.8. The number of carbonyl (C=O) groups is 2. The lowest BCUT2D eigenvalue weighted by Gasteiger charge is -2.34. The third kappa shape index (κ3) is 3.21. The van der Waals surface area contributed by atoms with E-state index in [1.807, 2.05) is 4.90 Å². The number of piperidine rings is 1. The van der Waals surface area contributed by atoms with Gasteiger partial charge in [0.15, 0.2) is 5.82 Å². The predicted octanol–water partition coefficient (Wildman–Crippen LogP) is -1.02. The van der Waals surface area contributed by atoms with Crippen LogP contribution in [-0.2, 0) is 4.79 Å². The quantitative estimate of drug-likeness (QED) is 0.405. The summed E-state index contributed by atoms with van der Waals surface area (Å²) in [5.74, 6) is -0.640. The van der Waals surface area contributed by atoms with Crippen molar-refractivity contribution in [2.75, 3.05) is 18.0 Å². The van der Waals surface area contributed by atoms with Gasteiger partial charge in [-0.25, -0.2) is 4.98 Å². The maximum Gasteiger partial charge on any atom is 0.314 e. The summed E-state index contributed by atoms with van der Waals surface area (Å²) >= 11 is 0. The van der Waals surface area contributed by atoms with E-state index < -0.39 is 17.0 Å². The fourth-order valence-electron chi connectivity index (χ4n) is 3.06. The van der Waals surface area contributed by atoms with E-state index in [0.717, 1.165) is 12.8 Å². The number of H-pyrrole nitrogens is 2. The number of aromatic nitrogens is 3. The number of nitrogens with one attached hydrogen (secondary N) is 3. The Morgan fingerprint density at radius 2 is 2.00 bits per heavy atom.